The molecule has 30 heavy (non-hydrogen) atoms. The van der Waals surface area contributed by atoms with Crippen LogP contribution in [0.4, 0.5) is 0 Å². The van der Waals surface area contributed by atoms with E-state index in [0.717, 1.165) is 56.4 Å². The minimum Gasteiger partial charge on any atom is -0.468 e. The van der Waals surface area contributed by atoms with E-state index in [2.05, 4.69) is 48.3 Å². The van der Waals surface area contributed by atoms with Crippen LogP contribution in [-0.4, -0.2) is 53.6 Å². The van der Waals surface area contributed by atoms with Crippen molar-refractivity contribution in [3.8, 4) is 0 Å². The Morgan fingerprint density at radius 1 is 1.17 bits per heavy atom. The highest BCUT2D eigenvalue weighted by atomic mass is 127. The molecule has 0 radical (unpaired) electrons. The number of furan rings is 1. The molecular formula is C22H31IN6O. The highest BCUT2D eigenvalue weighted by Crippen LogP contribution is 2.24. The van der Waals surface area contributed by atoms with Crippen LogP contribution in [0.5, 0.6) is 0 Å². The molecule has 7 nitrogen and oxygen atoms in total. The number of guanidine groups is 1. The Labute approximate surface area is 195 Å². The molecule has 1 aromatic carbocycles. The van der Waals surface area contributed by atoms with E-state index in [9.17, 15) is 0 Å². The lowest BCUT2D eigenvalue weighted by atomic mass is 10.2. The summed E-state index contributed by atoms with van der Waals surface area (Å²) in [6, 6.07) is 12.5. The molecule has 0 spiro atoms. The van der Waals surface area contributed by atoms with E-state index in [4.69, 9.17) is 4.42 Å². The van der Waals surface area contributed by atoms with Crippen LogP contribution in [-0.2, 0) is 6.54 Å². The van der Waals surface area contributed by atoms with Crippen molar-refractivity contribution in [2.24, 2.45) is 4.99 Å². The van der Waals surface area contributed by atoms with Crippen LogP contribution >= 0.6 is 24.0 Å². The van der Waals surface area contributed by atoms with Crippen molar-refractivity contribution in [1.29, 1.82) is 0 Å². The Balaban J connectivity index is 0.00000256. The van der Waals surface area contributed by atoms with Gasteiger partial charge in [-0.1, -0.05) is 12.1 Å². The van der Waals surface area contributed by atoms with Gasteiger partial charge in [-0.2, -0.15) is 0 Å². The number of benzene rings is 1. The second-order valence-corrected chi connectivity index (χ2v) is 7.43. The average Bonchev–Trinajstić information content (AvgIpc) is 3.52. The van der Waals surface area contributed by atoms with E-state index in [1.165, 1.54) is 18.4 Å². The molecule has 1 saturated heterocycles. The number of fused-ring (bicyclic) bond motifs is 1. The molecule has 3 aromatic rings. The first-order valence-corrected chi connectivity index (χ1v) is 10.5. The largest absolute Gasteiger partial charge is 0.468 e. The Hall–Kier alpha value is -2.07. The zero-order chi connectivity index (χ0) is 19.9. The number of halogens is 1. The first kappa shape index (κ1) is 22.6. The van der Waals surface area contributed by atoms with Crippen molar-refractivity contribution in [2.45, 2.75) is 31.8 Å². The normalized spacial score (nSPS) is 15.8. The Morgan fingerprint density at radius 3 is 2.77 bits per heavy atom. The third-order valence-corrected chi connectivity index (χ3v) is 5.54. The molecule has 1 atom stereocenters. The van der Waals surface area contributed by atoms with Gasteiger partial charge in [0.15, 0.2) is 5.96 Å². The number of aliphatic imine (C=N–C) groups is 1. The van der Waals surface area contributed by atoms with Crippen molar-refractivity contribution in [1.82, 2.24) is 25.1 Å². The van der Waals surface area contributed by atoms with Crippen molar-refractivity contribution >= 4 is 41.0 Å². The highest BCUT2D eigenvalue weighted by molar-refractivity contribution is 14.0. The average molecular weight is 522 g/mol. The van der Waals surface area contributed by atoms with Crippen molar-refractivity contribution in [3.05, 3.63) is 54.7 Å². The molecule has 0 saturated carbocycles. The Bertz CT molecular complexity index is 917. The zero-order valence-electron chi connectivity index (χ0n) is 17.5. The number of nitrogens with one attached hydrogen (secondary N) is 2. The molecule has 4 rings (SSSR count). The van der Waals surface area contributed by atoms with Gasteiger partial charge in [-0.05, 0) is 56.6 Å². The van der Waals surface area contributed by atoms with Crippen LogP contribution in [0.25, 0.3) is 11.0 Å². The number of aryl methyl sites for hydroxylation is 1. The fraction of sp³-hybridized carbons (Fsp3) is 0.455. The summed E-state index contributed by atoms with van der Waals surface area (Å²) >= 11 is 0. The van der Waals surface area contributed by atoms with Gasteiger partial charge in [0.05, 0.1) is 29.7 Å². The summed E-state index contributed by atoms with van der Waals surface area (Å²) in [4.78, 5) is 11.3. The number of hydrogen-bond donors (Lipinski definition) is 2. The van der Waals surface area contributed by atoms with Gasteiger partial charge in [-0.25, -0.2) is 4.98 Å². The van der Waals surface area contributed by atoms with Crippen LogP contribution in [0, 0.1) is 0 Å². The van der Waals surface area contributed by atoms with Crippen molar-refractivity contribution in [3.63, 3.8) is 0 Å². The van der Waals surface area contributed by atoms with Crippen LogP contribution in [0.3, 0.4) is 0 Å². The summed E-state index contributed by atoms with van der Waals surface area (Å²) in [7, 11) is 1.82. The monoisotopic (exact) mass is 522 g/mol. The second kappa shape index (κ2) is 11.4. The standard InChI is InChI=1S/C22H30N6O.HI/c1-23-22(24-11-7-14-28-17-26-18-8-2-3-9-19(18)28)25-16-20(21-10-6-15-29-21)27-12-4-5-13-27;/h2-3,6,8-10,15,17,20H,4-5,7,11-14,16H2,1H3,(H2,23,24,25);1H. The molecular weight excluding hydrogens is 491 g/mol. The number of hydrogen-bond acceptors (Lipinski definition) is 4. The van der Waals surface area contributed by atoms with E-state index < -0.39 is 0 Å². The number of para-hydroxylation sites is 2. The predicted molar refractivity (Wildman–Crippen MR) is 131 cm³/mol. The summed E-state index contributed by atoms with van der Waals surface area (Å²) in [6.45, 7) is 4.80. The van der Waals surface area contributed by atoms with Gasteiger partial charge >= 0.3 is 0 Å². The molecule has 1 fully saturated rings. The number of rotatable bonds is 8. The van der Waals surface area contributed by atoms with Crippen LogP contribution in [0.15, 0.2) is 58.4 Å². The smallest absolute Gasteiger partial charge is 0.191 e. The number of aromatic nitrogens is 2. The van der Waals surface area contributed by atoms with E-state index in [-0.39, 0.29) is 30.0 Å². The quantitative estimate of drug-likeness (QED) is 0.205. The second-order valence-electron chi connectivity index (χ2n) is 7.43. The fourth-order valence-electron chi connectivity index (χ4n) is 4.00. The van der Waals surface area contributed by atoms with Gasteiger partial charge in [0, 0.05) is 26.7 Å². The van der Waals surface area contributed by atoms with E-state index in [1.807, 2.05) is 31.6 Å². The molecule has 1 aliphatic rings. The fourth-order valence-corrected chi connectivity index (χ4v) is 4.00. The lowest BCUT2D eigenvalue weighted by Crippen LogP contribution is -2.43. The molecule has 1 aliphatic heterocycles. The molecule has 2 N–H and O–H groups in total. The van der Waals surface area contributed by atoms with Crippen LogP contribution < -0.4 is 10.6 Å². The first-order valence-electron chi connectivity index (χ1n) is 10.5. The molecule has 8 heteroatoms. The summed E-state index contributed by atoms with van der Waals surface area (Å²) in [5.41, 5.74) is 2.23. The van der Waals surface area contributed by atoms with Gasteiger partial charge < -0.3 is 19.6 Å². The lowest BCUT2D eigenvalue weighted by Gasteiger charge is -2.26. The SMILES string of the molecule is CN=C(NCCCn1cnc2ccccc21)NCC(c1ccco1)N1CCCC1.I. The van der Waals surface area contributed by atoms with E-state index in [0.29, 0.717) is 0 Å². The Morgan fingerprint density at radius 2 is 2.00 bits per heavy atom. The topological polar surface area (TPSA) is 70.6 Å². The zero-order valence-corrected chi connectivity index (χ0v) is 19.8. The minimum atomic E-state index is 0. The molecule has 3 heterocycles. The molecule has 1 unspecified atom stereocenters. The minimum absolute atomic E-state index is 0. The van der Waals surface area contributed by atoms with E-state index in [1.54, 1.807) is 6.26 Å². The number of nitrogens with zero attached hydrogens (tertiary/aromatic N) is 4. The van der Waals surface area contributed by atoms with Gasteiger partial charge in [-0.3, -0.25) is 9.89 Å². The van der Waals surface area contributed by atoms with Crippen LogP contribution in [0.1, 0.15) is 31.1 Å². The maximum Gasteiger partial charge on any atom is 0.191 e. The van der Waals surface area contributed by atoms with E-state index >= 15 is 0 Å². The number of likely N-dealkylation sites (tertiary alicyclic amines) is 1. The first-order chi connectivity index (χ1) is 14.3. The van der Waals surface area contributed by atoms with Crippen LogP contribution in [0.2, 0.25) is 0 Å². The van der Waals surface area contributed by atoms with Crippen molar-refractivity contribution < 1.29 is 4.42 Å². The van der Waals surface area contributed by atoms with Crippen molar-refractivity contribution in [2.75, 3.05) is 33.2 Å². The lowest BCUT2D eigenvalue weighted by molar-refractivity contribution is 0.215. The summed E-state index contributed by atoms with van der Waals surface area (Å²) in [6.07, 6.45) is 7.18. The molecule has 0 aliphatic carbocycles. The molecule has 0 amide bonds. The maximum atomic E-state index is 5.70. The third kappa shape index (κ3) is 5.54. The summed E-state index contributed by atoms with van der Waals surface area (Å²) in [5, 5.41) is 6.90. The maximum absolute atomic E-state index is 5.70. The molecule has 162 valence electrons. The van der Waals surface area contributed by atoms with Gasteiger partial charge in [-0.15, -0.1) is 24.0 Å². The Kier molecular flexibility index (Phi) is 8.56. The molecule has 2 aromatic heterocycles. The van der Waals surface area contributed by atoms with Gasteiger partial charge in [0.25, 0.3) is 0 Å². The highest BCUT2D eigenvalue weighted by Gasteiger charge is 2.25. The third-order valence-electron chi connectivity index (χ3n) is 5.54. The predicted octanol–water partition coefficient (Wildman–Crippen LogP) is 3.64. The van der Waals surface area contributed by atoms with Gasteiger partial charge in [0.2, 0.25) is 0 Å². The summed E-state index contributed by atoms with van der Waals surface area (Å²) in [5.74, 6) is 1.85. The summed E-state index contributed by atoms with van der Waals surface area (Å²) < 4.78 is 7.90. The molecule has 0 bridgehead atoms. The number of imidazole rings is 1. The van der Waals surface area contributed by atoms with Gasteiger partial charge in [0.1, 0.15) is 5.76 Å².